The lowest BCUT2D eigenvalue weighted by Crippen LogP contribution is -2.22. The van der Waals surface area contributed by atoms with Crippen molar-refractivity contribution in [2.24, 2.45) is 0 Å². The molecule has 2 aromatic carbocycles. The average molecular weight is 527 g/mol. The minimum absolute atomic E-state index is 0.0226. The number of nitrogens with zero attached hydrogens (tertiary/aromatic N) is 3. The number of anilines is 5. The van der Waals surface area contributed by atoms with E-state index >= 15 is 0 Å². The van der Waals surface area contributed by atoms with E-state index in [2.05, 4.69) is 45.8 Å². The van der Waals surface area contributed by atoms with Gasteiger partial charge in [-0.2, -0.15) is 4.98 Å². The van der Waals surface area contributed by atoms with E-state index in [0.29, 0.717) is 41.0 Å². The molecule has 0 radical (unpaired) electrons. The Balaban J connectivity index is 1.73. The lowest BCUT2D eigenvalue weighted by Gasteiger charge is -2.28. The molecule has 36 heavy (non-hydrogen) atoms. The van der Waals surface area contributed by atoms with Crippen molar-refractivity contribution in [2.75, 3.05) is 29.1 Å². The molecule has 10 heteroatoms. The van der Waals surface area contributed by atoms with Crippen molar-refractivity contribution in [3.8, 4) is 0 Å². The van der Waals surface area contributed by atoms with Gasteiger partial charge in [-0.3, -0.25) is 9.59 Å². The molecule has 1 aliphatic heterocycles. The molecule has 0 saturated carbocycles. The Bertz CT molecular complexity index is 1330. The van der Waals surface area contributed by atoms with Crippen LogP contribution in [0.4, 0.5) is 28.8 Å². The molecular weight excluding hydrogens is 499 g/mol. The molecule has 2 heterocycles. The van der Waals surface area contributed by atoms with E-state index in [1.54, 1.807) is 25.2 Å². The minimum Gasteiger partial charge on any atom is -0.355 e. The second-order valence-electron chi connectivity index (χ2n) is 9.14. The molecule has 0 aliphatic carbocycles. The topological polar surface area (TPSA) is 99.3 Å². The highest BCUT2D eigenvalue weighted by molar-refractivity contribution is 6.35. The zero-order valence-corrected chi connectivity index (χ0v) is 22.1. The van der Waals surface area contributed by atoms with Gasteiger partial charge in [0.25, 0.3) is 5.91 Å². The number of amides is 2. The zero-order chi connectivity index (χ0) is 26.0. The summed E-state index contributed by atoms with van der Waals surface area (Å²) in [6.45, 7) is 6.87. The molecule has 8 nitrogen and oxygen atoms in total. The number of halogens is 2. The molecular formula is C26H28Cl2N6O2. The maximum absolute atomic E-state index is 12.4. The number of carbonyl (C=O) groups excluding carboxylic acids is 2. The monoisotopic (exact) mass is 526 g/mol. The van der Waals surface area contributed by atoms with Crippen LogP contribution in [0.1, 0.15) is 49.5 Å². The van der Waals surface area contributed by atoms with Crippen molar-refractivity contribution in [2.45, 2.75) is 39.0 Å². The third kappa shape index (κ3) is 5.10. The standard InChI is InChI=1S/C26H28Cl2N6O2/c1-5-34(15-9-10-20-17(13-15)26(2,3)12-11-21(35)31-20)25-30-14-19(28)23(33-25)32-22-16(24(36)29-4)7-6-8-18(22)27/h6-10,13-14H,5,11-12H2,1-4H3,(H,29,36)(H,31,35)(H,30,32,33). The Hall–Kier alpha value is -3.36. The van der Waals surface area contributed by atoms with Gasteiger partial charge in [-0.05, 0) is 54.7 Å². The van der Waals surface area contributed by atoms with Crippen LogP contribution in [0.5, 0.6) is 0 Å². The average Bonchev–Trinajstić information content (AvgIpc) is 2.97. The minimum atomic E-state index is -0.291. The highest BCUT2D eigenvalue weighted by Crippen LogP contribution is 2.40. The third-order valence-corrected chi connectivity index (χ3v) is 6.90. The van der Waals surface area contributed by atoms with Crippen molar-refractivity contribution in [1.82, 2.24) is 15.3 Å². The summed E-state index contributed by atoms with van der Waals surface area (Å²) >= 11 is 12.8. The first-order valence-electron chi connectivity index (χ1n) is 11.7. The molecule has 0 unspecified atom stereocenters. The number of rotatable bonds is 6. The Kier molecular flexibility index (Phi) is 7.38. The van der Waals surface area contributed by atoms with Crippen molar-refractivity contribution in [3.05, 3.63) is 63.8 Å². The molecule has 0 atom stereocenters. The number of carbonyl (C=O) groups is 2. The summed E-state index contributed by atoms with van der Waals surface area (Å²) in [5.74, 6) is 0.476. The fourth-order valence-electron chi connectivity index (χ4n) is 4.25. The van der Waals surface area contributed by atoms with Crippen molar-refractivity contribution in [1.29, 1.82) is 0 Å². The van der Waals surface area contributed by atoms with Gasteiger partial charge in [0, 0.05) is 31.4 Å². The van der Waals surface area contributed by atoms with Crippen LogP contribution in [-0.2, 0) is 10.2 Å². The van der Waals surface area contributed by atoms with E-state index in [-0.39, 0.29) is 22.3 Å². The summed E-state index contributed by atoms with van der Waals surface area (Å²) in [5.41, 5.74) is 3.35. The number of nitrogens with one attached hydrogen (secondary N) is 3. The molecule has 4 rings (SSSR count). The molecule has 0 fully saturated rings. The summed E-state index contributed by atoms with van der Waals surface area (Å²) in [7, 11) is 1.55. The van der Waals surface area contributed by atoms with Gasteiger partial charge in [-0.1, -0.05) is 43.1 Å². The van der Waals surface area contributed by atoms with Gasteiger partial charge in [-0.15, -0.1) is 0 Å². The number of aromatic nitrogens is 2. The Morgan fingerprint density at radius 2 is 1.97 bits per heavy atom. The number of hydrogen-bond donors (Lipinski definition) is 3. The maximum Gasteiger partial charge on any atom is 0.253 e. The Labute approximate surface area is 220 Å². The number of fused-ring (bicyclic) bond motifs is 1. The smallest absolute Gasteiger partial charge is 0.253 e. The predicted octanol–water partition coefficient (Wildman–Crippen LogP) is 6.05. The summed E-state index contributed by atoms with van der Waals surface area (Å²) in [6, 6.07) is 11.0. The van der Waals surface area contributed by atoms with Gasteiger partial charge in [0.15, 0.2) is 5.82 Å². The van der Waals surface area contributed by atoms with Crippen LogP contribution in [0, 0.1) is 0 Å². The summed E-state index contributed by atoms with van der Waals surface area (Å²) < 4.78 is 0. The lowest BCUT2D eigenvalue weighted by atomic mass is 9.80. The van der Waals surface area contributed by atoms with E-state index in [1.165, 1.54) is 6.20 Å². The molecule has 0 bridgehead atoms. The number of para-hydroxylation sites is 1. The van der Waals surface area contributed by atoms with Crippen molar-refractivity contribution < 1.29 is 9.59 Å². The van der Waals surface area contributed by atoms with Crippen molar-refractivity contribution in [3.63, 3.8) is 0 Å². The molecule has 3 aromatic rings. The highest BCUT2D eigenvalue weighted by Gasteiger charge is 2.29. The Morgan fingerprint density at radius 1 is 1.19 bits per heavy atom. The first kappa shape index (κ1) is 25.7. The molecule has 0 spiro atoms. The van der Waals surface area contributed by atoms with E-state index in [0.717, 1.165) is 23.4 Å². The third-order valence-electron chi connectivity index (χ3n) is 6.31. The van der Waals surface area contributed by atoms with E-state index in [4.69, 9.17) is 23.2 Å². The second-order valence-corrected chi connectivity index (χ2v) is 9.95. The number of hydrogen-bond acceptors (Lipinski definition) is 6. The number of benzene rings is 2. The fraction of sp³-hybridized carbons (Fsp3) is 0.308. The van der Waals surface area contributed by atoms with E-state index in [9.17, 15) is 9.59 Å². The van der Waals surface area contributed by atoms with Crippen LogP contribution < -0.4 is 20.9 Å². The maximum atomic E-state index is 12.4. The molecule has 2 amide bonds. The van der Waals surface area contributed by atoms with Gasteiger partial charge in [-0.25, -0.2) is 4.98 Å². The zero-order valence-electron chi connectivity index (χ0n) is 20.6. The van der Waals surface area contributed by atoms with Gasteiger partial charge < -0.3 is 20.9 Å². The first-order valence-corrected chi connectivity index (χ1v) is 12.4. The van der Waals surface area contributed by atoms with Crippen molar-refractivity contribution >= 4 is 63.8 Å². The molecule has 1 aliphatic rings. The van der Waals surface area contributed by atoms with E-state index in [1.807, 2.05) is 24.0 Å². The van der Waals surface area contributed by atoms with Crippen LogP contribution >= 0.6 is 23.2 Å². The Morgan fingerprint density at radius 3 is 2.69 bits per heavy atom. The van der Waals surface area contributed by atoms with Crippen LogP contribution in [0.15, 0.2) is 42.6 Å². The van der Waals surface area contributed by atoms with Crippen LogP contribution in [0.25, 0.3) is 0 Å². The molecule has 3 N–H and O–H groups in total. The predicted molar refractivity (Wildman–Crippen MR) is 145 cm³/mol. The van der Waals surface area contributed by atoms with Gasteiger partial charge in [0.05, 0.1) is 22.5 Å². The van der Waals surface area contributed by atoms with Crippen LogP contribution in [0.3, 0.4) is 0 Å². The second kappa shape index (κ2) is 10.3. The van der Waals surface area contributed by atoms with Crippen LogP contribution in [-0.4, -0.2) is 35.4 Å². The van der Waals surface area contributed by atoms with Gasteiger partial charge in [0.2, 0.25) is 11.9 Å². The largest absolute Gasteiger partial charge is 0.355 e. The molecule has 188 valence electrons. The SMILES string of the molecule is CCN(c1ccc2c(c1)C(C)(C)CCC(=O)N2)c1ncc(Cl)c(Nc2c(Cl)cccc2C(=O)NC)n1. The highest BCUT2D eigenvalue weighted by atomic mass is 35.5. The fourth-order valence-corrected chi connectivity index (χ4v) is 4.61. The van der Waals surface area contributed by atoms with Gasteiger partial charge >= 0.3 is 0 Å². The summed E-state index contributed by atoms with van der Waals surface area (Å²) in [5, 5.41) is 9.38. The first-order chi connectivity index (χ1) is 17.1. The van der Waals surface area contributed by atoms with E-state index < -0.39 is 0 Å². The summed E-state index contributed by atoms with van der Waals surface area (Å²) in [4.78, 5) is 35.6. The molecule has 1 aromatic heterocycles. The summed E-state index contributed by atoms with van der Waals surface area (Å²) in [6.07, 6.45) is 2.74. The quantitative estimate of drug-likeness (QED) is 0.361. The van der Waals surface area contributed by atoms with Crippen LogP contribution in [0.2, 0.25) is 10.0 Å². The normalized spacial score (nSPS) is 14.3. The lowest BCUT2D eigenvalue weighted by molar-refractivity contribution is -0.116. The van der Waals surface area contributed by atoms with Gasteiger partial charge in [0.1, 0.15) is 5.02 Å². The molecule has 0 saturated heterocycles.